The van der Waals surface area contributed by atoms with Crippen LogP contribution >= 0.6 is 0 Å². The highest BCUT2D eigenvalue weighted by Gasteiger charge is 2.34. The second kappa shape index (κ2) is 11.7. The minimum Gasteiger partial charge on any atom is -0.508 e. The van der Waals surface area contributed by atoms with Crippen molar-refractivity contribution in [1.29, 1.82) is 0 Å². The number of nitrogens with one attached hydrogen (secondary N) is 1. The molecule has 196 valence electrons. The maximum absolute atomic E-state index is 14.0. The molecule has 7 nitrogen and oxygen atoms in total. The maximum atomic E-state index is 14.0. The van der Waals surface area contributed by atoms with Gasteiger partial charge in [0.15, 0.2) is 0 Å². The van der Waals surface area contributed by atoms with E-state index in [0.29, 0.717) is 17.7 Å². The second-order valence-corrected chi connectivity index (χ2v) is 9.37. The number of rotatable bonds is 10. The summed E-state index contributed by atoms with van der Waals surface area (Å²) >= 11 is 0. The van der Waals surface area contributed by atoms with Crippen molar-refractivity contribution in [2.24, 2.45) is 0 Å². The molecule has 0 bridgehead atoms. The largest absolute Gasteiger partial charge is 0.508 e. The number of carboxylic acid groups (broad SMARTS) is 1. The predicted molar refractivity (Wildman–Crippen MR) is 148 cm³/mol. The lowest BCUT2D eigenvalue weighted by Crippen LogP contribution is -2.48. The third kappa shape index (κ3) is 5.89. The third-order valence-corrected chi connectivity index (χ3v) is 6.83. The lowest BCUT2D eigenvalue weighted by Gasteiger charge is -2.32. The minimum absolute atomic E-state index is 0.0533. The van der Waals surface area contributed by atoms with E-state index in [1.165, 1.54) is 17.0 Å². The van der Waals surface area contributed by atoms with Crippen molar-refractivity contribution in [3.63, 3.8) is 0 Å². The summed E-state index contributed by atoms with van der Waals surface area (Å²) in [5, 5.41) is 23.1. The molecule has 1 heterocycles. The maximum Gasteiger partial charge on any atom is 0.326 e. The first-order valence-corrected chi connectivity index (χ1v) is 12.5. The topological polar surface area (TPSA) is 99.1 Å². The number of aliphatic carboxylic acids is 1. The van der Waals surface area contributed by atoms with Crippen molar-refractivity contribution in [2.75, 3.05) is 18.9 Å². The van der Waals surface area contributed by atoms with Crippen LogP contribution in [0.5, 0.6) is 11.5 Å². The number of amides is 1. The number of hydrogen-bond acceptors (Lipinski definition) is 5. The average Bonchev–Trinajstić information content (AvgIpc) is 2.92. The lowest BCUT2D eigenvalue weighted by molar-refractivity contribution is -0.148. The Labute approximate surface area is 222 Å². The number of phenols is 1. The quantitative estimate of drug-likeness (QED) is 0.335. The first kappa shape index (κ1) is 26.5. The number of carbonyl (C=O) groups excluding carboxylic acids is 1. The van der Waals surface area contributed by atoms with Gasteiger partial charge in [0.05, 0.1) is 5.57 Å². The van der Waals surface area contributed by atoms with Crippen molar-refractivity contribution in [2.45, 2.75) is 31.7 Å². The van der Waals surface area contributed by atoms with Crippen LogP contribution in [-0.4, -0.2) is 46.6 Å². The highest BCUT2D eigenvalue weighted by atomic mass is 16.5. The molecule has 4 rings (SSSR count). The SMILES string of the molecule is C=C1Oc2ccccc2C=C1C(=O)N(CCC(C)c1ccccc1NC)C(Cc1ccc(O)cc1)C(=O)O. The fourth-order valence-electron chi connectivity index (χ4n) is 4.68. The van der Waals surface area contributed by atoms with Gasteiger partial charge in [-0.2, -0.15) is 0 Å². The Balaban J connectivity index is 1.67. The molecular weight excluding hydrogens is 480 g/mol. The third-order valence-electron chi connectivity index (χ3n) is 6.83. The molecule has 1 aliphatic rings. The number of para-hydroxylation sites is 2. The van der Waals surface area contributed by atoms with Crippen LogP contribution in [0.4, 0.5) is 5.69 Å². The van der Waals surface area contributed by atoms with Crippen LogP contribution in [0, 0.1) is 0 Å². The molecule has 0 aliphatic carbocycles. The number of aromatic hydroxyl groups is 1. The van der Waals surface area contributed by atoms with Gasteiger partial charge >= 0.3 is 5.97 Å². The van der Waals surface area contributed by atoms with E-state index in [2.05, 4.69) is 18.8 Å². The number of carbonyl (C=O) groups is 2. The first-order chi connectivity index (χ1) is 18.3. The Morgan fingerprint density at radius 1 is 1.03 bits per heavy atom. The number of nitrogens with zero attached hydrogens (tertiary/aromatic N) is 1. The summed E-state index contributed by atoms with van der Waals surface area (Å²) in [5.41, 5.74) is 3.73. The Bertz CT molecular complexity index is 1360. The number of ether oxygens (including phenoxy) is 1. The first-order valence-electron chi connectivity index (χ1n) is 12.5. The molecule has 3 N–H and O–H groups in total. The number of anilines is 1. The predicted octanol–water partition coefficient (Wildman–Crippen LogP) is 5.44. The van der Waals surface area contributed by atoms with E-state index in [9.17, 15) is 19.8 Å². The summed E-state index contributed by atoms with van der Waals surface area (Å²) in [7, 11) is 1.86. The van der Waals surface area contributed by atoms with Gasteiger partial charge in [-0.15, -0.1) is 0 Å². The van der Waals surface area contributed by atoms with Gasteiger partial charge in [-0.05, 0) is 53.8 Å². The van der Waals surface area contributed by atoms with Crippen LogP contribution in [0.3, 0.4) is 0 Å². The summed E-state index contributed by atoms with van der Waals surface area (Å²) < 4.78 is 5.82. The highest BCUT2D eigenvalue weighted by Crippen LogP contribution is 2.33. The molecule has 0 fully saturated rings. The number of benzene rings is 3. The Kier molecular flexibility index (Phi) is 8.16. The Morgan fingerprint density at radius 2 is 1.71 bits per heavy atom. The van der Waals surface area contributed by atoms with E-state index in [1.807, 2.05) is 49.5 Å². The van der Waals surface area contributed by atoms with Crippen molar-refractivity contribution < 1.29 is 24.5 Å². The van der Waals surface area contributed by atoms with Gasteiger partial charge in [-0.3, -0.25) is 4.79 Å². The van der Waals surface area contributed by atoms with Crippen LogP contribution in [0.1, 0.15) is 36.0 Å². The molecule has 7 heteroatoms. The normalized spacial score (nSPS) is 13.9. The molecule has 2 atom stereocenters. The van der Waals surface area contributed by atoms with E-state index in [0.717, 1.165) is 16.8 Å². The molecular formula is C31H32N2O5. The van der Waals surface area contributed by atoms with Crippen molar-refractivity contribution in [3.05, 3.63) is 107 Å². The number of fused-ring (bicyclic) bond motifs is 1. The molecule has 3 aromatic carbocycles. The monoisotopic (exact) mass is 512 g/mol. The Morgan fingerprint density at radius 3 is 2.42 bits per heavy atom. The van der Waals surface area contributed by atoms with E-state index in [4.69, 9.17) is 4.74 Å². The van der Waals surface area contributed by atoms with Gasteiger partial charge < -0.3 is 25.2 Å². The molecule has 0 saturated carbocycles. The van der Waals surface area contributed by atoms with Gasteiger partial charge in [0, 0.05) is 31.3 Å². The lowest BCUT2D eigenvalue weighted by atomic mass is 9.94. The van der Waals surface area contributed by atoms with E-state index in [-0.39, 0.29) is 36.0 Å². The van der Waals surface area contributed by atoms with Crippen LogP contribution in [0.25, 0.3) is 6.08 Å². The number of hydrogen-bond donors (Lipinski definition) is 3. The fourth-order valence-corrected chi connectivity index (χ4v) is 4.68. The smallest absolute Gasteiger partial charge is 0.326 e. The van der Waals surface area contributed by atoms with E-state index >= 15 is 0 Å². The average molecular weight is 513 g/mol. The summed E-state index contributed by atoms with van der Waals surface area (Å²) in [6, 6.07) is 20.5. The molecule has 1 aliphatic heterocycles. The summed E-state index contributed by atoms with van der Waals surface area (Å²) in [6.07, 6.45) is 2.33. The number of phenolic OH excluding ortho intramolecular Hbond substituents is 1. The molecule has 0 saturated heterocycles. The fraction of sp³-hybridized carbons (Fsp3) is 0.226. The van der Waals surface area contributed by atoms with Crippen LogP contribution in [0.15, 0.2) is 90.7 Å². The second-order valence-electron chi connectivity index (χ2n) is 9.37. The van der Waals surface area contributed by atoms with Gasteiger partial charge in [0.25, 0.3) is 5.91 Å². The number of carboxylic acids is 1. The molecule has 0 radical (unpaired) electrons. The zero-order valence-corrected chi connectivity index (χ0v) is 21.6. The zero-order chi connectivity index (χ0) is 27.2. The van der Waals surface area contributed by atoms with Gasteiger partial charge in [0.2, 0.25) is 0 Å². The van der Waals surface area contributed by atoms with Crippen LogP contribution in [-0.2, 0) is 16.0 Å². The van der Waals surface area contributed by atoms with E-state index in [1.54, 1.807) is 24.3 Å². The Hall–Kier alpha value is -4.52. The molecule has 0 aromatic heterocycles. The van der Waals surface area contributed by atoms with Crippen LogP contribution in [0.2, 0.25) is 0 Å². The summed E-state index contributed by atoms with van der Waals surface area (Å²) in [5.74, 6) is -0.650. The highest BCUT2D eigenvalue weighted by molar-refractivity contribution is 6.04. The van der Waals surface area contributed by atoms with Crippen molar-refractivity contribution in [1.82, 2.24) is 4.90 Å². The molecule has 0 spiro atoms. The molecule has 3 aromatic rings. The van der Waals surface area contributed by atoms with Gasteiger partial charge in [-0.1, -0.05) is 62.0 Å². The molecule has 38 heavy (non-hydrogen) atoms. The van der Waals surface area contributed by atoms with Gasteiger partial charge in [0.1, 0.15) is 23.3 Å². The minimum atomic E-state index is -1.13. The van der Waals surface area contributed by atoms with Crippen LogP contribution < -0.4 is 10.1 Å². The van der Waals surface area contributed by atoms with Crippen molar-refractivity contribution >= 4 is 23.6 Å². The van der Waals surface area contributed by atoms with Crippen molar-refractivity contribution in [3.8, 4) is 11.5 Å². The zero-order valence-electron chi connectivity index (χ0n) is 21.6. The molecule has 1 amide bonds. The van der Waals surface area contributed by atoms with E-state index < -0.39 is 17.9 Å². The summed E-state index contributed by atoms with van der Waals surface area (Å²) in [6.45, 7) is 6.21. The standard InChI is InChI=1S/C31H32N2O5/c1-20(25-9-5-6-10-27(25)32-3)16-17-33(28(31(36)37)18-22-12-14-24(34)15-13-22)30(35)26-19-23-8-4-7-11-29(23)38-21(26)2/h4-15,19-20,28,32,34H,2,16-18H2,1,3H3,(H,36,37). The molecule has 2 unspecified atom stereocenters. The summed E-state index contributed by atoms with van der Waals surface area (Å²) in [4.78, 5) is 28.0. The van der Waals surface area contributed by atoms with Gasteiger partial charge in [-0.25, -0.2) is 4.79 Å².